The van der Waals surface area contributed by atoms with Gasteiger partial charge in [0.1, 0.15) is 22.0 Å². The van der Waals surface area contributed by atoms with Crippen molar-refractivity contribution in [1.29, 1.82) is 0 Å². The van der Waals surface area contributed by atoms with Gasteiger partial charge in [-0.1, -0.05) is 96.0 Å². The SMILES string of the molecule is O=S(=O)(C(C=Cc1ccc(O)cc1)c1ccc(Cl)cc1)C(C=Cc1ccc(O)cc1)c1ccc(Cl)cc1. The monoisotopic (exact) mass is 550 g/mol. The topological polar surface area (TPSA) is 74.6 Å². The smallest absolute Gasteiger partial charge is 0.171 e. The first-order chi connectivity index (χ1) is 17.7. The molecule has 2 unspecified atom stereocenters. The number of phenols is 2. The molecule has 4 aromatic carbocycles. The van der Waals surface area contributed by atoms with Crippen molar-refractivity contribution >= 4 is 45.2 Å². The van der Waals surface area contributed by atoms with Crippen LogP contribution in [0.2, 0.25) is 10.0 Å². The molecule has 0 saturated carbocycles. The van der Waals surface area contributed by atoms with Gasteiger partial charge in [0.2, 0.25) is 0 Å². The van der Waals surface area contributed by atoms with Crippen LogP contribution in [0.1, 0.15) is 32.8 Å². The van der Waals surface area contributed by atoms with Gasteiger partial charge in [0.15, 0.2) is 9.84 Å². The zero-order chi connectivity index (χ0) is 26.4. The van der Waals surface area contributed by atoms with Crippen molar-refractivity contribution in [2.24, 2.45) is 0 Å². The molecule has 0 aromatic heterocycles. The quantitative estimate of drug-likeness (QED) is 0.233. The maximum absolute atomic E-state index is 14.3. The van der Waals surface area contributed by atoms with Crippen LogP contribution in [0.3, 0.4) is 0 Å². The molecule has 0 fully saturated rings. The molecule has 37 heavy (non-hydrogen) atoms. The largest absolute Gasteiger partial charge is 0.508 e. The molecule has 0 aliphatic carbocycles. The van der Waals surface area contributed by atoms with Crippen molar-refractivity contribution in [3.63, 3.8) is 0 Å². The number of sulfone groups is 1. The molecule has 0 spiro atoms. The van der Waals surface area contributed by atoms with Gasteiger partial charge in [-0.3, -0.25) is 0 Å². The lowest BCUT2D eigenvalue weighted by atomic mass is 10.1. The Morgan fingerprint density at radius 1 is 0.541 bits per heavy atom. The second kappa shape index (κ2) is 11.7. The Labute approximate surface area is 226 Å². The van der Waals surface area contributed by atoms with E-state index < -0.39 is 20.3 Å². The minimum atomic E-state index is -3.91. The molecule has 0 amide bonds. The molecule has 0 aliphatic heterocycles. The summed E-state index contributed by atoms with van der Waals surface area (Å²) >= 11 is 12.2. The Balaban J connectivity index is 1.81. The van der Waals surface area contributed by atoms with E-state index in [0.29, 0.717) is 21.2 Å². The standard InChI is InChI=1S/C30H24Cl2O4S/c31-25-11-7-23(8-12-25)29(19-5-21-1-15-27(33)16-2-21)37(35,36)30(24-9-13-26(32)14-10-24)20-6-22-3-17-28(34)18-4-22/h1-20,29-30,33-34H. The highest BCUT2D eigenvalue weighted by Crippen LogP contribution is 2.38. The average molecular weight is 551 g/mol. The van der Waals surface area contributed by atoms with E-state index in [0.717, 1.165) is 11.1 Å². The Kier molecular flexibility index (Phi) is 8.39. The number of hydrogen-bond acceptors (Lipinski definition) is 4. The van der Waals surface area contributed by atoms with Crippen molar-refractivity contribution in [3.05, 3.63) is 142 Å². The first-order valence-corrected chi connectivity index (χ1v) is 13.8. The van der Waals surface area contributed by atoms with Crippen LogP contribution in [0, 0.1) is 0 Å². The highest BCUT2D eigenvalue weighted by molar-refractivity contribution is 7.92. The summed E-state index contributed by atoms with van der Waals surface area (Å²) < 4.78 is 28.6. The second-order valence-corrected chi connectivity index (χ2v) is 11.5. The summed E-state index contributed by atoms with van der Waals surface area (Å²) in [6.07, 6.45) is 6.72. The van der Waals surface area contributed by atoms with Crippen LogP contribution in [0.25, 0.3) is 12.2 Å². The fourth-order valence-electron chi connectivity index (χ4n) is 3.85. The summed E-state index contributed by atoms with van der Waals surface area (Å²) in [6.45, 7) is 0. The van der Waals surface area contributed by atoms with Crippen molar-refractivity contribution < 1.29 is 18.6 Å². The second-order valence-electron chi connectivity index (χ2n) is 8.43. The minimum Gasteiger partial charge on any atom is -0.508 e. The molecule has 4 aromatic rings. The number of hydrogen-bond donors (Lipinski definition) is 2. The molecule has 0 aliphatic rings. The summed E-state index contributed by atoms with van der Waals surface area (Å²) in [4.78, 5) is 0. The van der Waals surface area contributed by atoms with Gasteiger partial charge >= 0.3 is 0 Å². The molecular weight excluding hydrogens is 527 g/mol. The lowest BCUT2D eigenvalue weighted by Crippen LogP contribution is -2.19. The molecule has 0 bridgehead atoms. The van der Waals surface area contributed by atoms with E-state index in [9.17, 15) is 18.6 Å². The molecular formula is C30H24Cl2O4S. The maximum Gasteiger partial charge on any atom is 0.171 e. The highest BCUT2D eigenvalue weighted by atomic mass is 35.5. The zero-order valence-corrected chi connectivity index (χ0v) is 21.9. The average Bonchev–Trinajstić information content (AvgIpc) is 2.88. The van der Waals surface area contributed by atoms with Gasteiger partial charge in [-0.25, -0.2) is 8.42 Å². The Bertz CT molecular complexity index is 1380. The van der Waals surface area contributed by atoms with Crippen molar-refractivity contribution in [1.82, 2.24) is 0 Å². The number of aromatic hydroxyl groups is 2. The van der Waals surface area contributed by atoms with Crippen LogP contribution < -0.4 is 0 Å². The molecule has 0 radical (unpaired) electrons. The molecule has 2 N–H and O–H groups in total. The summed E-state index contributed by atoms with van der Waals surface area (Å²) in [7, 11) is -3.91. The Morgan fingerprint density at radius 3 is 1.19 bits per heavy atom. The molecule has 7 heteroatoms. The Hall–Kier alpha value is -3.51. The molecule has 188 valence electrons. The number of halogens is 2. The van der Waals surface area contributed by atoms with Gasteiger partial charge in [0, 0.05) is 10.0 Å². The molecule has 0 saturated heterocycles. The Morgan fingerprint density at radius 2 is 0.865 bits per heavy atom. The first-order valence-electron chi connectivity index (χ1n) is 11.4. The van der Waals surface area contributed by atoms with Crippen LogP contribution in [0.15, 0.2) is 109 Å². The van der Waals surface area contributed by atoms with E-state index in [1.807, 2.05) is 0 Å². The van der Waals surface area contributed by atoms with E-state index >= 15 is 0 Å². The predicted molar refractivity (Wildman–Crippen MR) is 152 cm³/mol. The summed E-state index contributed by atoms with van der Waals surface area (Å²) in [5, 5.41) is 18.2. The first kappa shape index (κ1) is 26.6. The van der Waals surface area contributed by atoms with Gasteiger partial charge < -0.3 is 10.2 Å². The predicted octanol–water partition coefficient (Wildman–Crippen LogP) is 8.03. The molecule has 4 rings (SSSR count). The van der Waals surface area contributed by atoms with Crippen LogP contribution in [-0.4, -0.2) is 18.6 Å². The van der Waals surface area contributed by atoms with E-state index in [2.05, 4.69) is 0 Å². The molecule has 0 heterocycles. The third-order valence-electron chi connectivity index (χ3n) is 5.82. The molecule has 4 nitrogen and oxygen atoms in total. The van der Waals surface area contributed by atoms with Crippen molar-refractivity contribution in [2.75, 3.05) is 0 Å². The van der Waals surface area contributed by atoms with Crippen LogP contribution in [-0.2, 0) is 9.84 Å². The number of phenolic OH excluding ortho intramolecular Hbond substituents is 2. The van der Waals surface area contributed by atoms with Gasteiger partial charge in [-0.2, -0.15) is 0 Å². The third kappa shape index (κ3) is 6.83. The lowest BCUT2D eigenvalue weighted by molar-refractivity contribution is 0.474. The minimum absolute atomic E-state index is 0.126. The third-order valence-corrected chi connectivity index (χ3v) is 8.60. The summed E-state index contributed by atoms with van der Waals surface area (Å²) in [5.74, 6) is 0.252. The fourth-order valence-corrected chi connectivity index (χ4v) is 6.09. The van der Waals surface area contributed by atoms with Crippen LogP contribution in [0.4, 0.5) is 0 Å². The number of rotatable bonds is 8. The van der Waals surface area contributed by atoms with Gasteiger partial charge in [0.25, 0.3) is 0 Å². The fraction of sp³-hybridized carbons (Fsp3) is 0.0667. The van der Waals surface area contributed by atoms with E-state index in [-0.39, 0.29) is 11.5 Å². The van der Waals surface area contributed by atoms with Crippen LogP contribution >= 0.6 is 23.2 Å². The van der Waals surface area contributed by atoms with E-state index in [1.165, 1.54) is 0 Å². The molecule has 2 atom stereocenters. The maximum atomic E-state index is 14.3. The van der Waals surface area contributed by atoms with Gasteiger partial charge in [-0.15, -0.1) is 0 Å². The summed E-state index contributed by atoms with van der Waals surface area (Å²) in [5.41, 5.74) is 2.62. The highest BCUT2D eigenvalue weighted by Gasteiger charge is 2.33. The normalized spacial score (nSPS) is 13.7. The zero-order valence-electron chi connectivity index (χ0n) is 19.6. The van der Waals surface area contributed by atoms with E-state index in [1.54, 1.807) is 121 Å². The lowest BCUT2D eigenvalue weighted by Gasteiger charge is -2.22. The van der Waals surface area contributed by atoms with Gasteiger partial charge in [0.05, 0.1) is 0 Å². The van der Waals surface area contributed by atoms with Crippen molar-refractivity contribution in [3.8, 4) is 11.5 Å². The van der Waals surface area contributed by atoms with Crippen LogP contribution in [0.5, 0.6) is 11.5 Å². The van der Waals surface area contributed by atoms with E-state index in [4.69, 9.17) is 23.2 Å². The number of benzene rings is 4. The van der Waals surface area contributed by atoms with Crippen molar-refractivity contribution in [2.45, 2.75) is 10.5 Å². The summed E-state index contributed by atoms with van der Waals surface area (Å²) in [6, 6.07) is 26.5. The van der Waals surface area contributed by atoms with Gasteiger partial charge in [-0.05, 0) is 70.8 Å².